The topological polar surface area (TPSA) is 66.6 Å². The van der Waals surface area contributed by atoms with Gasteiger partial charge in [-0.15, -0.1) is 0 Å². The van der Waals surface area contributed by atoms with Crippen molar-refractivity contribution in [2.45, 2.75) is 83.3 Å². The fourth-order valence-corrected chi connectivity index (χ4v) is 4.19. The molecular weight excluding hydrogens is 278 g/mol. The lowest BCUT2D eigenvalue weighted by Crippen LogP contribution is -2.54. The summed E-state index contributed by atoms with van der Waals surface area (Å²) in [6.07, 6.45) is 7.84. The Hall–Kier alpha value is -1.10. The highest BCUT2D eigenvalue weighted by Crippen LogP contribution is 2.32. The van der Waals surface area contributed by atoms with Crippen molar-refractivity contribution in [2.75, 3.05) is 13.1 Å². The van der Waals surface area contributed by atoms with E-state index < -0.39 is 0 Å². The number of unbranched alkanes of at least 4 members (excludes halogenated alkanes) is 1. The van der Waals surface area contributed by atoms with Crippen LogP contribution in [0.5, 0.6) is 0 Å². The smallest absolute Gasteiger partial charge is 0.234 e. The third kappa shape index (κ3) is 3.62. The van der Waals surface area contributed by atoms with Crippen LogP contribution in [0.25, 0.3) is 0 Å². The second-order valence-electron chi connectivity index (χ2n) is 6.66. The summed E-state index contributed by atoms with van der Waals surface area (Å²) >= 11 is 0. The van der Waals surface area contributed by atoms with Crippen LogP contribution < -0.4 is 5.73 Å². The summed E-state index contributed by atoms with van der Waals surface area (Å²) in [5.74, 6) is 0.0465. The van der Waals surface area contributed by atoms with Crippen molar-refractivity contribution in [3.8, 4) is 0 Å². The van der Waals surface area contributed by atoms with Gasteiger partial charge >= 0.3 is 0 Å². The molecule has 2 aliphatic rings. The van der Waals surface area contributed by atoms with E-state index in [1.807, 2.05) is 6.92 Å². The molecule has 3 atom stereocenters. The lowest BCUT2D eigenvalue weighted by Gasteiger charge is -2.38. The number of amides is 2. The Morgan fingerprint density at radius 2 is 1.82 bits per heavy atom. The molecule has 2 saturated heterocycles. The van der Waals surface area contributed by atoms with Gasteiger partial charge in [-0.05, 0) is 38.6 Å². The molecule has 2 amide bonds. The fourth-order valence-electron chi connectivity index (χ4n) is 4.19. The molecule has 0 spiro atoms. The molecule has 2 heterocycles. The second-order valence-corrected chi connectivity index (χ2v) is 6.66. The number of nitrogens with zero attached hydrogens (tertiary/aromatic N) is 2. The number of carbonyl (C=O) groups is 2. The highest BCUT2D eigenvalue weighted by molar-refractivity contribution is 5.80. The summed E-state index contributed by atoms with van der Waals surface area (Å²) in [6, 6.07) is 0.428. The Morgan fingerprint density at radius 1 is 1.14 bits per heavy atom. The predicted octanol–water partition coefficient (Wildman–Crippen LogP) is 1.90. The molecule has 5 heteroatoms. The van der Waals surface area contributed by atoms with Crippen LogP contribution in [0.15, 0.2) is 0 Å². The van der Waals surface area contributed by atoms with E-state index in [9.17, 15) is 9.59 Å². The summed E-state index contributed by atoms with van der Waals surface area (Å²) in [5.41, 5.74) is 5.68. The second kappa shape index (κ2) is 7.95. The van der Waals surface area contributed by atoms with Gasteiger partial charge < -0.3 is 10.6 Å². The van der Waals surface area contributed by atoms with Gasteiger partial charge in [-0.2, -0.15) is 0 Å². The Kier molecular flexibility index (Phi) is 6.24. The van der Waals surface area contributed by atoms with Crippen LogP contribution in [-0.2, 0) is 9.59 Å². The average molecular weight is 309 g/mol. The van der Waals surface area contributed by atoms with E-state index >= 15 is 0 Å². The van der Waals surface area contributed by atoms with Crippen molar-refractivity contribution in [2.24, 2.45) is 5.73 Å². The molecule has 0 unspecified atom stereocenters. The van der Waals surface area contributed by atoms with Crippen molar-refractivity contribution in [1.82, 2.24) is 9.80 Å². The summed E-state index contributed by atoms with van der Waals surface area (Å²) in [7, 11) is 0. The Morgan fingerprint density at radius 3 is 2.45 bits per heavy atom. The van der Waals surface area contributed by atoms with Crippen LogP contribution in [-0.4, -0.2) is 52.8 Å². The van der Waals surface area contributed by atoms with Gasteiger partial charge in [0.15, 0.2) is 0 Å². The predicted molar refractivity (Wildman–Crippen MR) is 87.3 cm³/mol. The maximum atomic E-state index is 12.2. The summed E-state index contributed by atoms with van der Waals surface area (Å²) in [5, 5.41) is 0. The molecular formula is C17H31N3O2. The van der Waals surface area contributed by atoms with Gasteiger partial charge in [0.2, 0.25) is 11.8 Å². The summed E-state index contributed by atoms with van der Waals surface area (Å²) < 4.78 is 0. The molecule has 5 nitrogen and oxygen atoms in total. The van der Waals surface area contributed by atoms with E-state index in [4.69, 9.17) is 5.73 Å². The van der Waals surface area contributed by atoms with Gasteiger partial charge in [-0.3, -0.25) is 14.5 Å². The number of carbonyl (C=O) groups excluding carboxylic acids is 2. The number of likely N-dealkylation sites (tertiary alicyclic amines) is 2. The molecule has 0 aliphatic carbocycles. The van der Waals surface area contributed by atoms with Crippen molar-refractivity contribution in [1.29, 1.82) is 0 Å². The SMILES string of the molecule is CCCC[C@H](C(N)=O)N1CCC[C@H]1[C@@H]1CCCN1C(=O)CC. The van der Waals surface area contributed by atoms with Crippen LogP contribution in [0.3, 0.4) is 0 Å². The van der Waals surface area contributed by atoms with Crippen molar-refractivity contribution in [3.05, 3.63) is 0 Å². The number of rotatable bonds is 7. The third-order valence-corrected chi connectivity index (χ3v) is 5.27. The molecule has 2 fully saturated rings. The zero-order valence-electron chi connectivity index (χ0n) is 14.1. The standard InChI is InChI=1S/C17H31N3O2/c1-3-5-8-15(17(18)22)19-11-6-9-13(19)14-10-7-12-20(14)16(21)4-2/h13-15H,3-12H2,1-2H3,(H2,18,22)/t13-,14-,15+/m0/s1. The van der Waals surface area contributed by atoms with E-state index in [1.165, 1.54) is 0 Å². The van der Waals surface area contributed by atoms with E-state index in [0.29, 0.717) is 12.5 Å². The molecule has 0 saturated carbocycles. The van der Waals surface area contributed by atoms with E-state index in [-0.39, 0.29) is 23.9 Å². The average Bonchev–Trinajstić information content (AvgIpc) is 3.14. The largest absolute Gasteiger partial charge is 0.368 e. The fraction of sp³-hybridized carbons (Fsp3) is 0.882. The van der Waals surface area contributed by atoms with Gasteiger partial charge in [0.05, 0.1) is 6.04 Å². The molecule has 0 radical (unpaired) electrons. The zero-order chi connectivity index (χ0) is 16.1. The Balaban J connectivity index is 2.11. The summed E-state index contributed by atoms with van der Waals surface area (Å²) in [4.78, 5) is 28.5. The van der Waals surface area contributed by atoms with E-state index in [0.717, 1.165) is 58.0 Å². The van der Waals surface area contributed by atoms with Crippen molar-refractivity contribution >= 4 is 11.8 Å². The van der Waals surface area contributed by atoms with Crippen LogP contribution in [0.1, 0.15) is 65.2 Å². The van der Waals surface area contributed by atoms with Gasteiger partial charge in [0.25, 0.3) is 0 Å². The molecule has 126 valence electrons. The number of hydrogen-bond acceptors (Lipinski definition) is 3. The number of primary amides is 1. The van der Waals surface area contributed by atoms with Crippen molar-refractivity contribution < 1.29 is 9.59 Å². The lowest BCUT2D eigenvalue weighted by molar-refractivity contribution is -0.133. The molecule has 2 rings (SSSR count). The Bertz CT molecular complexity index is 399. The molecule has 0 aromatic carbocycles. The number of hydrogen-bond donors (Lipinski definition) is 1. The molecule has 0 aromatic heterocycles. The van der Waals surface area contributed by atoms with Crippen molar-refractivity contribution in [3.63, 3.8) is 0 Å². The lowest BCUT2D eigenvalue weighted by atomic mass is 9.99. The van der Waals surface area contributed by atoms with Crippen LogP contribution in [0.2, 0.25) is 0 Å². The van der Waals surface area contributed by atoms with E-state index in [2.05, 4.69) is 16.7 Å². The van der Waals surface area contributed by atoms with Gasteiger partial charge in [-0.25, -0.2) is 0 Å². The first-order chi connectivity index (χ1) is 10.6. The monoisotopic (exact) mass is 309 g/mol. The first-order valence-electron chi connectivity index (χ1n) is 8.94. The normalized spacial score (nSPS) is 27.3. The maximum absolute atomic E-state index is 12.2. The highest BCUT2D eigenvalue weighted by Gasteiger charge is 2.42. The molecule has 2 N–H and O–H groups in total. The van der Waals surface area contributed by atoms with Gasteiger partial charge in [0, 0.05) is 25.0 Å². The van der Waals surface area contributed by atoms with Crippen LogP contribution in [0, 0.1) is 0 Å². The van der Waals surface area contributed by atoms with E-state index in [1.54, 1.807) is 0 Å². The zero-order valence-corrected chi connectivity index (χ0v) is 14.1. The minimum Gasteiger partial charge on any atom is -0.368 e. The quantitative estimate of drug-likeness (QED) is 0.781. The first-order valence-corrected chi connectivity index (χ1v) is 8.94. The Labute approximate surface area is 134 Å². The third-order valence-electron chi connectivity index (χ3n) is 5.27. The highest BCUT2D eigenvalue weighted by atomic mass is 16.2. The van der Waals surface area contributed by atoms with Crippen LogP contribution in [0.4, 0.5) is 0 Å². The van der Waals surface area contributed by atoms with Gasteiger partial charge in [-0.1, -0.05) is 26.7 Å². The molecule has 0 bridgehead atoms. The minimum absolute atomic E-state index is 0.161. The van der Waals surface area contributed by atoms with Crippen LogP contribution >= 0.6 is 0 Å². The summed E-state index contributed by atoms with van der Waals surface area (Å²) in [6.45, 7) is 5.88. The minimum atomic E-state index is -0.202. The molecule has 0 aromatic rings. The van der Waals surface area contributed by atoms with Gasteiger partial charge in [0.1, 0.15) is 0 Å². The maximum Gasteiger partial charge on any atom is 0.234 e. The number of nitrogens with two attached hydrogens (primary N) is 1. The molecule has 2 aliphatic heterocycles. The first kappa shape index (κ1) is 17.3. The molecule has 22 heavy (non-hydrogen) atoms.